The molecule has 0 aromatic heterocycles. The predicted molar refractivity (Wildman–Crippen MR) is 124 cm³/mol. The maximum atomic E-state index is 13.0. The number of benzene rings is 2. The molecule has 29 heavy (non-hydrogen) atoms. The van der Waals surface area contributed by atoms with Gasteiger partial charge in [-0.2, -0.15) is 0 Å². The molecule has 2 aromatic rings. The summed E-state index contributed by atoms with van der Waals surface area (Å²) < 4.78 is 0.987. The summed E-state index contributed by atoms with van der Waals surface area (Å²) >= 11 is 5.09. The van der Waals surface area contributed by atoms with E-state index in [1.807, 2.05) is 54.6 Å². The van der Waals surface area contributed by atoms with Crippen molar-refractivity contribution < 1.29 is 9.59 Å². The van der Waals surface area contributed by atoms with Crippen molar-refractivity contribution in [2.45, 2.75) is 44.7 Å². The van der Waals surface area contributed by atoms with Crippen LogP contribution in [-0.4, -0.2) is 35.1 Å². The van der Waals surface area contributed by atoms with Gasteiger partial charge in [0.1, 0.15) is 6.04 Å². The molecule has 2 amide bonds. The predicted octanol–water partition coefficient (Wildman–Crippen LogP) is 5.12. The number of thioether (sulfide) groups is 1. The van der Waals surface area contributed by atoms with E-state index in [0.29, 0.717) is 31.2 Å². The minimum Gasteiger partial charge on any atom is -0.354 e. The molecule has 0 fully saturated rings. The molecule has 0 saturated carbocycles. The normalized spacial score (nSPS) is 11.9. The Labute approximate surface area is 186 Å². The van der Waals surface area contributed by atoms with Crippen LogP contribution in [0.3, 0.4) is 0 Å². The molecule has 1 atom stereocenters. The third kappa shape index (κ3) is 8.23. The lowest BCUT2D eigenvalue weighted by atomic mass is 10.1. The summed E-state index contributed by atoms with van der Waals surface area (Å²) in [5, 5.41) is 2.95. The van der Waals surface area contributed by atoms with Crippen LogP contribution in [0.2, 0.25) is 0 Å². The first-order valence-electron chi connectivity index (χ1n) is 9.86. The summed E-state index contributed by atoms with van der Waals surface area (Å²) in [6, 6.07) is 17.4. The number of nitrogens with zero attached hydrogens (tertiary/aromatic N) is 1. The van der Waals surface area contributed by atoms with Gasteiger partial charge in [-0.05, 0) is 42.7 Å². The van der Waals surface area contributed by atoms with Gasteiger partial charge in [-0.25, -0.2) is 0 Å². The average Bonchev–Trinajstić information content (AvgIpc) is 2.71. The van der Waals surface area contributed by atoms with Crippen molar-refractivity contribution in [3.63, 3.8) is 0 Å². The molecule has 2 aromatic carbocycles. The van der Waals surface area contributed by atoms with Gasteiger partial charge in [-0.1, -0.05) is 60.1 Å². The molecule has 0 saturated heterocycles. The zero-order chi connectivity index (χ0) is 21.2. The molecule has 0 aliphatic heterocycles. The summed E-state index contributed by atoms with van der Waals surface area (Å²) in [7, 11) is 0. The van der Waals surface area contributed by atoms with Crippen LogP contribution < -0.4 is 5.32 Å². The highest BCUT2D eigenvalue weighted by atomic mass is 79.9. The number of hydrogen-bond acceptors (Lipinski definition) is 3. The molecule has 0 unspecified atom stereocenters. The van der Waals surface area contributed by atoms with Gasteiger partial charge < -0.3 is 10.2 Å². The smallest absolute Gasteiger partial charge is 0.242 e. The van der Waals surface area contributed by atoms with E-state index in [1.54, 1.807) is 23.6 Å². The maximum Gasteiger partial charge on any atom is 0.242 e. The fourth-order valence-corrected chi connectivity index (χ4v) is 3.86. The molecular formula is C23H29BrN2O2S. The molecule has 0 bridgehead atoms. The average molecular weight is 477 g/mol. The van der Waals surface area contributed by atoms with Crippen molar-refractivity contribution in [1.29, 1.82) is 0 Å². The van der Waals surface area contributed by atoms with Crippen molar-refractivity contribution in [2.24, 2.45) is 5.92 Å². The molecule has 4 nitrogen and oxygen atoms in total. The molecule has 0 heterocycles. The molecular weight excluding hydrogens is 448 g/mol. The number of amides is 2. The van der Waals surface area contributed by atoms with E-state index in [9.17, 15) is 9.59 Å². The highest BCUT2D eigenvalue weighted by Crippen LogP contribution is 2.20. The number of hydrogen-bond donors (Lipinski definition) is 1. The fourth-order valence-electron chi connectivity index (χ4n) is 2.74. The van der Waals surface area contributed by atoms with Crippen LogP contribution >= 0.6 is 27.7 Å². The van der Waals surface area contributed by atoms with Gasteiger partial charge in [-0.3, -0.25) is 9.59 Å². The van der Waals surface area contributed by atoms with Crippen LogP contribution in [-0.2, 0) is 16.1 Å². The lowest BCUT2D eigenvalue weighted by molar-refractivity contribution is -0.140. The van der Waals surface area contributed by atoms with Crippen molar-refractivity contribution in [2.75, 3.05) is 12.3 Å². The first-order chi connectivity index (χ1) is 13.9. The summed E-state index contributed by atoms with van der Waals surface area (Å²) in [5.41, 5.74) is 1.00. The van der Waals surface area contributed by atoms with E-state index < -0.39 is 6.04 Å². The summed E-state index contributed by atoms with van der Waals surface area (Å²) in [4.78, 5) is 28.5. The largest absolute Gasteiger partial charge is 0.354 e. The Morgan fingerprint density at radius 1 is 1.03 bits per heavy atom. The van der Waals surface area contributed by atoms with Crippen LogP contribution in [0, 0.1) is 5.92 Å². The highest BCUT2D eigenvalue weighted by Gasteiger charge is 2.25. The van der Waals surface area contributed by atoms with Gasteiger partial charge >= 0.3 is 0 Å². The Hall–Kier alpha value is -1.79. The Balaban J connectivity index is 2.04. The van der Waals surface area contributed by atoms with Crippen molar-refractivity contribution in [3.05, 3.63) is 64.6 Å². The summed E-state index contributed by atoms with van der Waals surface area (Å²) in [6.45, 7) is 6.93. The SMILES string of the molecule is CC(C)CNC(=O)[C@H](C)N(Cc1ccc(Br)cc1)C(=O)CCSc1ccccc1. The van der Waals surface area contributed by atoms with Crippen LogP contribution in [0.1, 0.15) is 32.8 Å². The molecule has 0 radical (unpaired) electrons. The van der Waals surface area contributed by atoms with Crippen LogP contribution in [0.25, 0.3) is 0 Å². The van der Waals surface area contributed by atoms with Crippen molar-refractivity contribution in [1.82, 2.24) is 10.2 Å². The minimum absolute atomic E-state index is 0.0106. The lowest BCUT2D eigenvalue weighted by Crippen LogP contribution is -2.48. The number of carbonyl (C=O) groups excluding carboxylic acids is 2. The second-order valence-electron chi connectivity index (χ2n) is 7.37. The second-order valence-corrected chi connectivity index (χ2v) is 9.46. The van der Waals surface area contributed by atoms with Crippen molar-refractivity contribution in [3.8, 4) is 0 Å². The Morgan fingerprint density at radius 3 is 2.31 bits per heavy atom. The number of nitrogens with one attached hydrogen (secondary N) is 1. The maximum absolute atomic E-state index is 13.0. The molecule has 156 valence electrons. The molecule has 2 rings (SSSR count). The van der Waals surface area contributed by atoms with Gasteiger partial charge in [-0.15, -0.1) is 11.8 Å². The van der Waals surface area contributed by atoms with E-state index >= 15 is 0 Å². The number of carbonyl (C=O) groups is 2. The minimum atomic E-state index is -0.522. The van der Waals surface area contributed by atoms with E-state index in [0.717, 1.165) is 14.9 Å². The summed E-state index contributed by atoms with van der Waals surface area (Å²) in [6.07, 6.45) is 0.387. The van der Waals surface area contributed by atoms with E-state index in [-0.39, 0.29) is 11.8 Å². The molecule has 0 aliphatic carbocycles. The zero-order valence-electron chi connectivity index (χ0n) is 17.2. The van der Waals surface area contributed by atoms with Crippen LogP contribution in [0.15, 0.2) is 64.0 Å². The Kier molecular flexibility index (Phi) is 9.74. The molecule has 6 heteroatoms. The van der Waals surface area contributed by atoms with Gasteiger partial charge in [0.05, 0.1) is 0 Å². The van der Waals surface area contributed by atoms with Gasteiger partial charge in [0.2, 0.25) is 11.8 Å². The van der Waals surface area contributed by atoms with E-state index in [2.05, 4.69) is 35.1 Å². The van der Waals surface area contributed by atoms with E-state index in [1.165, 1.54) is 0 Å². The molecule has 0 spiro atoms. The quantitative estimate of drug-likeness (QED) is 0.484. The van der Waals surface area contributed by atoms with Crippen LogP contribution in [0.4, 0.5) is 0 Å². The Morgan fingerprint density at radius 2 is 1.69 bits per heavy atom. The second kappa shape index (κ2) is 12.0. The van der Waals surface area contributed by atoms with E-state index in [4.69, 9.17) is 0 Å². The van der Waals surface area contributed by atoms with Crippen LogP contribution in [0.5, 0.6) is 0 Å². The first kappa shape index (κ1) is 23.5. The fraction of sp³-hybridized carbons (Fsp3) is 0.391. The number of rotatable bonds is 10. The van der Waals surface area contributed by atoms with Crippen molar-refractivity contribution >= 4 is 39.5 Å². The lowest BCUT2D eigenvalue weighted by Gasteiger charge is -2.29. The summed E-state index contributed by atoms with van der Waals surface area (Å²) in [5.74, 6) is 0.924. The monoisotopic (exact) mass is 476 g/mol. The topological polar surface area (TPSA) is 49.4 Å². The standard InChI is InChI=1S/C23H29BrN2O2S/c1-17(2)15-25-23(28)18(3)26(16-19-9-11-20(24)12-10-19)22(27)13-14-29-21-7-5-4-6-8-21/h4-12,17-18H,13-16H2,1-3H3,(H,25,28)/t18-/m0/s1. The Bertz CT molecular complexity index is 781. The van der Waals surface area contributed by atoms with Gasteiger partial charge in [0.25, 0.3) is 0 Å². The third-order valence-corrected chi connectivity index (χ3v) is 5.99. The zero-order valence-corrected chi connectivity index (χ0v) is 19.6. The third-order valence-electron chi connectivity index (χ3n) is 4.45. The molecule has 1 N–H and O–H groups in total. The van der Waals surface area contributed by atoms with Gasteiger partial charge in [0, 0.05) is 34.6 Å². The first-order valence-corrected chi connectivity index (χ1v) is 11.6. The van der Waals surface area contributed by atoms with Gasteiger partial charge in [0.15, 0.2) is 0 Å². The number of halogens is 1. The molecule has 0 aliphatic rings. The highest BCUT2D eigenvalue weighted by molar-refractivity contribution is 9.10.